The number of halogens is 4. The Kier molecular flexibility index (Phi) is 6.54. The summed E-state index contributed by atoms with van der Waals surface area (Å²) in [5, 5.41) is 3.29. The topological polar surface area (TPSA) is 35.6 Å². The molecule has 2 rings (SSSR count). The summed E-state index contributed by atoms with van der Waals surface area (Å²) in [6, 6.07) is 0.521. The molecule has 118 valence electrons. The van der Waals surface area contributed by atoms with Crippen LogP contribution in [0.15, 0.2) is 0 Å². The third-order valence-electron chi connectivity index (χ3n) is 3.84. The average Bonchev–Trinajstić information content (AvgIpc) is 2.89. The Morgan fingerprint density at radius 3 is 2.35 bits per heavy atom. The number of carbonyl (C=O) groups excluding carboxylic acids is 1. The van der Waals surface area contributed by atoms with Crippen LogP contribution >= 0.6 is 12.4 Å². The molecule has 0 radical (unpaired) electrons. The predicted octanol–water partition coefficient (Wildman–Crippen LogP) is 1.26. The Bertz CT molecular complexity index is 314. The SMILES string of the molecule is Cl.O=C(CCC(F)(F)F)N1CCN(C2CCNC2)CC1. The van der Waals surface area contributed by atoms with Crippen molar-refractivity contribution in [1.82, 2.24) is 15.1 Å². The fourth-order valence-electron chi connectivity index (χ4n) is 2.69. The third-order valence-corrected chi connectivity index (χ3v) is 3.84. The highest BCUT2D eigenvalue weighted by Gasteiger charge is 2.31. The number of carbonyl (C=O) groups is 1. The molecule has 2 aliphatic heterocycles. The van der Waals surface area contributed by atoms with Gasteiger partial charge in [-0.2, -0.15) is 13.2 Å². The third kappa shape index (κ3) is 5.10. The van der Waals surface area contributed by atoms with Crippen LogP contribution in [0, 0.1) is 0 Å². The lowest BCUT2D eigenvalue weighted by molar-refractivity contribution is -0.150. The van der Waals surface area contributed by atoms with E-state index in [0.717, 1.165) is 32.6 Å². The zero-order valence-electron chi connectivity index (χ0n) is 11.3. The zero-order valence-corrected chi connectivity index (χ0v) is 12.1. The van der Waals surface area contributed by atoms with Crippen molar-refractivity contribution in [2.75, 3.05) is 39.3 Å². The Morgan fingerprint density at radius 2 is 1.85 bits per heavy atom. The highest BCUT2D eigenvalue weighted by Crippen LogP contribution is 2.22. The van der Waals surface area contributed by atoms with Crippen molar-refractivity contribution in [2.24, 2.45) is 0 Å². The minimum absolute atomic E-state index is 0. The first-order chi connectivity index (χ1) is 8.96. The minimum atomic E-state index is -4.24. The lowest BCUT2D eigenvalue weighted by Gasteiger charge is -2.37. The first kappa shape index (κ1) is 17.5. The zero-order chi connectivity index (χ0) is 13.9. The van der Waals surface area contributed by atoms with Crippen LogP contribution in [0.4, 0.5) is 13.2 Å². The molecule has 0 aliphatic carbocycles. The fourth-order valence-corrected chi connectivity index (χ4v) is 2.69. The van der Waals surface area contributed by atoms with E-state index in [1.807, 2.05) is 0 Å². The maximum atomic E-state index is 12.1. The lowest BCUT2D eigenvalue weighted by atomic mass is 10.1. The normalized spacial score (nSPS) is 24.6. The van der Waals surface area contributed by atoms with Gasteiger partial charge in [0.15, 0.2) is 0 Å². The number of hydrogen-bond acceptors (Lipinski definition) is 3. The van der Waals surface area contributed by atoms with Crippen LogP contribution in [0.3, 0.4) is 0 Å². The second kappa shape index (κ2) is 7.47. The number of amides is 1. The van der Waals surface area contributed by atoms with Crippen molar-refractivity contribution >= 4 is 18.3 Å². The highest BCUT2D eigenvalue weighted by atomic mass is 35.5. The smallest absolute Gasteiger partial charge is 0.340 e. The second-order valence-corrected chi connectivity index (χ2v) is 5.18. The molecule has 1 atom stereocenters. The molecule has 1 N–H and O–H groups in total. The molecular weight excluding hydrogens is 295 g/mol. The van der Waals surface area contributed by atoms with Gasteiger partial charge in [0.25, 0.3) is 0 Å². The van der Waals surface area contributed by atoms with Gasteiger partial charge in [-0.05, 0) is 13.0 Å². The van der Waals surface area contributed by atoms with E-state index in [1.165, 1.54) is 0 Å². The highest BCUT2D eigenvalue weighted by molar-refractivity contribution is 5.85. The Morgan fingerprint density at radius 1 is 1.20 bits per heavy atom. The molecule has 0 aromatic carbocycles. The van der Waals surface area contributed by atoms with Crippen molar-refractivity contribution in [3.05, 3.63) is 0 Å². The largest absolute Gasteiger partial charge is 0.389 e. The van der Waals surface area contributed by atoms with Crippen LogP contribution in [0.25, 0.3) is 0 Å². The molecule has 2 aliphatic rings. The summed E-state index contributed by atoms with van der Waals surface area (Å²) in [6.45, 7) is 4.63. The van der Waals surface area contributed by atoms with Gasteiger partial charge in [0, 0.05) is 45.2 Å². The summed E-state index contributed by atoms with van der Waals surface area (Å²) >= 11 is 0. The maximum absolute atomic E-state index is 12.1. The van der Waals surface area contributed by atoms with Crippen LogP contribution < -0.4 is 5.32 Å². The number of rotatable bonds is 3. The molecule has 0 spiro atoms. The monoisotopic (exact) mass is 315 g/mol. The molecule has 0 saturated carbocycles. The minimum Gasteiger partial charge on any atom is -0.340 e. The molecule has 1 amide bonds. The summed E-state index contributed by atoms with van der Waals surface area (Å²) in [5.74, 6) is -0.374. The van der Waals surface area contributed by atoms with Crippen LogP contribution in [0.1, 0.15) is 19.3 Å². The molecule has 1 unspecified atom stereocenters. The number of nitrogens with zero attached hydrogens (tertiary/aromatic N) is 2. The molecule has 0 aromatic rings. The molecule has 0 bridgehead atoms. The van der Waals surface area contributed by atoms with Crippen molar-refractivity contribution in [3.63, 3.8) is 0 Å². The molecule has 8 heteroatoms. The fraction of sp³-hybridized carbons (Fsp3) is 0.917. The van der Waals surface area contributed by atoms with Crippen molar-refractivity contribution in [2.45, 2.75) is 31.5 Å². The summed E-state index contributed by atoms with van der Waals surface area (Å²) in [5.41, 5.74) is 0. The van der Waals surface area contributed by atoms with Crippen molar-refractivity contribution in [1.29, 1.82) is 0 Å². The molecule has 2 heterocycles. The Hall–Kier alpha value is -0.530. The van der Waals surface area contributed by atoms with Crippen molar-refractivity contribution in [3.8, 4) is 0 Å². The van der Waals surface area contributed by atoms with E-state index in [2.05, 4.69) is 10.2 Å². The number of piperazine rings is 1. The van der Waals surface area contributed by atoms with E-state index >= 15 is 0 Å². The van der Waals surface area contributed by atoms with Gasteiger partial charge in [-0.1, -0.05) is 0 Å². The van der Waals surface area contributed by atoms with Gasteiger partial charge in [0.2, 0.25) is 5.91 Å². The van der Waals surface area contributed by atoms with Crippen LogP contribution in [0.5, 0.6) is 0 Å². The summed E-state index contributed by atoms with van der Waals surface area (Å²) < 4.78 is 36.2. The van der Waals surface area contributed by atoms with E-state index in [-0.39, 0.29) is 18.3 Å². The molecule has 2 saturated heterocycles. The van der Waals surface area contributed by atoms with Gasteiger partial charge >= 0.3 is 6.18 Å². The number of alkyl halides is 3. The van der Waals surface area contributed by atoms with Crippen LogP contribution in [0.2, 0.25) is 0 Å². The summed E-state index contributed by atoms with van der Waals surface area (Å²) in [7, 11) is 0. The number of hydrogen-bond donors (Lipinski definition) is 1. The Balaban J connectivity index is 0.00000200. The van der Waals surface area contributed by atoms with Crippen molar-refractivity contribution < 1.29 is 18.0 Å². The lowest BCUT2D eigenvalue weighted by Crippen LogP contribution is -2.52. The molecule has 2 fully saturated rings. The maximum Gasteiger partial charge on any atom is 0.389 e. The second-order valence-electron chi connectivity index (χ2n) is 5.18. The van der Waals surface area contributed by atoms with E-state index in [9.17, 15) is 18.0 Å². The summed E-state index contributed by atoms with van der Waals surface area (Å²) in [4.78, 5) is 15.6. The standard InChI is InChI=1S/C12H20F3N3O.ClH/c13-12(14,15)3-1-11(19)18-7-5-17(6-8-18)10-2-4-16-9-10;/h10,16H,1-9H2;1H. The predicted molar refractivity (Wildman–Crippen MR) is 72.0 cm³/mol. The quantitative estimate of drug-likeness (QED) is 0.851. The van der Waals surface area contributed by atoms with Gasteiger partial charge in [0.05, 0.1) is 6.42 Å². The first-order valence-electron chi connectivity index (χ1n) is 6.75. The number of nitrogens with one attached hydrogen (secondary N) is 1. The average molecular weight is 316 g/mol. The first-order valence-corrected chi connectivity index (χ1v) is 6.75. The Labute approximate surface area is 123 Å². The van der Waals surface area contributed by atoms with Gasteiger partial charge in [-0.25, -0.2) is 0 Å². The van der Waals surface area contributed by atoms with E-state index < -0.39 is 19.0 Å². The van der Waals surface area contributed by atoms with E-state index in [0.29, 0.717) is 19.1 Å². The molecule has 20 heavy (non-hydrogen) atoms. The van der Waals surface area contributed by atoms with Gasteiger partial charge < -0.3 is 10.2 Å². The van der Waals surface area contributed by atoms with Gasteiger partial charge in [-0.3, -0.25) is 9.69 Å². The van der Waals surface area contributed by atoms with Gasteiger partial charge in [-0.15, -0.1) is 12.4 Å². The molecular formula is C12H21ClF3N3O. The van der Waals surface area contributed by atoms with Crippen LogP contribution in [-0.4, -0.2) is 67.2 Å². The molecule has 0 aromatic heterocycles. The summed E-state index contributed by atoms with van der Waals surface area (Å²) in [6.07, 6.45) is -4.57. The van der Waals surface area contributed by atoms with E-state index in [4.69, 9.17) is 0 Å². The van der Waals surface area contributed by atoms with Crippen LogP contribution in [-0.2, 0) is 4.79 Å². The van der Waals surface area contributed by atoms with E-state index in [1.54, 1.807) is 4.90 Å². The van der Waals surface area contributed by atoms with Gasteiger partial charge in [0.1, 0.15) is 0 Å². The molecule has 4 nitrogen and oxygen atoms in total.